The molecule has 140 valence electrons. The van der Waals surface area contributed by atoms with Gasteiger partial charge in [-0.15, -0.1) is 0 Å². The molecule has 0 atom stereocenters. The van der Waals surface area contributed by atoms with Crippen LogP contribution in [0.4, 0.5) is 20.2 Å². The molecule has 1 fully saturated rings. The lowest BCUT2D eigenvalue weighted by Crippen LogP contribution is -2.42. The summed E-state index contributed by atoms with van der Waals surface area (Å²) in [7, 11) is 0. The third kappa shape index (κ3) is 4.88. The molecular weight excluding hydrogens is 358 g/mol. The van der Waals surface area contributed by atoms with Gasteiger partial charge in [-0.2, -0.15) is 0 Å². The van der Waals surface area contributed by atoms with E-state index in [4.69, 9.17) is 14.2 Å². The smallest absolute Gasteiger partial charge is 0.350 e. The number of esters is 2. The van der Waals surface area contributed by atoms with Crippen molar-refractivity contribution in [2.45, 2.75) is 26.1 Å². The van der Waals surface area contributed by atoms with Gasteiger partial charge in [-0.3, -0.25) is 10.1 Å². The molecule has 0 spiro atoms. The molecule has 0 saturated carbocycles. The third-order valence-electron chi connectivity index (χ3n) is 2.98. The van der Waals surface area contributed by atoms with Gasteiger partial charge in [0.25, 0.3) is 17.9 Å². The maximum absolute atomic E-state index is 12.2. The summed E-state index contributed by atoms with van der Waals surface area (Å²) in [6.07, 6.45) is -1.82. The molecule has 1 aliphatic heterocycles. The molecule has 0 aliphatic carbocycles. The number of nitro benzene ring substituents is 1. The summed E-state index contributed by atoms with van der Waals surface area (Å²) in [5, 5.41) is 13.4. The minimum absolute atomic E-state index is 0.0291. The second kappa shape index (κ2) is 7.33. The number of nitrogens with one attached hydrogen (secondary N) is 1. The average Bonchev–Trinajstić information content (AvgIpc) is 2.50. The van der Waals surface area contributed by atoms with E-state index < -0.39 is 46.9 Å². The molecule has 11 heteroatoms. The number of alkyl halides is 2. The van der Waals surface area contributed by atoms with Crippen molar-refractivity contribution in [3.63, 3.8) is 0 Å². The average molecular weight is 372 g/mol. The minimum atomic E-state index is -2.76. The quantitative estimate of drug-likeness (QED) is 0.266. The highest BCUT2D eigenvalue weighted by molar-refractivity contribution is 6.15. The summed E-state index contributed by atoms with van der Waals surface area (Å²) < 4.78 is 39.0. The molecule has 1 aliphatic rings. The normalized spacial score (nSPS) is 16.0. The van der Waals surface area contributed by atoms with E-state index in [9.17, 15) is 28.5 Å². The second-order valence-electron chi connectivity index (χ2n) is 5.56. The zero-order chi connectivity index (χ0) is 19.5. The van der Waals surface area contributed by atoms with E-state index in [0.29, 0.717) is 0 Å². The fraction of sp³-hybridized carbons (Fsp3) is 0.333. The molecule has 9 nitrogen and oxygen atoms in total. The molecule has 1 aromatic carbocycles. The number of nitro groups is 1. The number of carbonyl (C=O) groups excluding carboxylic acids is 2. The largest absolute Gasteiger partial charge is 0.487 e. The first kappa shape index (κ1) is 19.1. The topological polar surface area (TPSA) is 117 Å². The Kier molecular flexibility index (Phi) is 5.38. The SMILES string of the molecule is CC1(C)OC(=O)C(=CNc2cc(OCC(F)F)cc([N+](=O)[O-])c2)C(=O)O1. The number of ether oxygens (including phenoxy) is 3. The highest BCUT2D eigenvalue weighted by Gasteiger charge is 2.38. The Morgan fingerprint density at radius 3 is 2.42 bits per heavy atom. The van der Waals surface area contributed by atoms with Gasteiger partial charge < -0.3 is 19.5 Å². The Morgan fingerprint density at radius 2 is 1.88 bits per heavy atom. The number of rotatable bonds is 6. The number of hydrogen-bond donors (Lipinski definition) is 1. The van der Waals surface area contributed by atoms with Crippen LogP contribution in [0.1, 0.15) is 13.8 Å². The Hall–Kier alpha value is -3.24. The van der Waals surface area contributed by atoms with Gasteiger partial charge in [0.15, 0.2) is 5.57 Å². The van der Waals surface area contributed by atoms with E-state index in [2.05, 4.69) is 5.32 Å². The van der Waals surface area contributed by atoms with Crippen LogP contribution in [0.5, 0.6) is 5.75 Å². The number of halogens is 2. The van der Waals surface area contributed by atoms with Crippen LogP contribution in [-0.4, -0.2) is 35.7 Å². The van der Waals surface area contributed by atoms with E-state index in [0.717, 1.165) is 18.3 Å². The first-order chi connectivity index (χ1) is 12.1. The van der Waals surface area contributed by atoms with Gasteiger partial charge in [0.1, 0.15) is 12.4 Å². The first-order valence-corrected chi connectivity index (χ1v) is 7.21. The summed E-state index contributed by atoms with van der Waals surface area (Å²) in [5.41, 5.74) is -0.875. The van der Waals surface area contributed by atoms with Crippen LogP contribution in [0.15, 0.2) is 30.0 Å². The molecule has 26 heavy (non-hydrogen) atoms. The molecule has 0 amide bonds. The third-order valence-corrected chi connectivity index (χ3v) is 2.98. The number of carbonyl (C=O) groups is 2. The molecular formula is C15H14F2N2O7. The molecule has 0 radical (unpaired) electrons. The van der Waals surface area contributed by atoms with Crippen molar-refractivity contribution in [2.24, 2.45) is 0 Å². The summed E-state index contributed by atoms with van der Waals surface area (Å²) >= 11 is 0. The van der Waals surface area contributed by atoms with Gasteiger partial charge >= 0.3 is 11.9 Å². The Bertz CT molecular complexity index is 755. The number of cyclic esters (lactones) is 2. The predicted molar refractivity (Wildman–Crippen MR) is 82.6 cm³/mol. The van der Waals surface area contributed by atoms with Gasteiger partial charge in [-0.05, 0) is 0 Å². The van der Waals surface area contributed by atoms with E-state index in [1.807, 2.05) is 0 Å². The molecule has 1 heterocycles. The van der Waals surface area contributed by atoms with Gasteiger partial charge in [-0.1, -0.05) is 0 Å². The van der Waals surface area contributed by atoms with E-state index in [1.165, 1.54) is 19.9 Å². The van der Waals surface area contributed by atoms with Crippen LogP contribution in [-0.2, 0) is 19.1 Å². The monoisotopic (exact) mass is 372 g/mol. The minimum Gasteiger partial charge on any atom is -0.487 e. The van der Waals surface area contributed by atoms with Gasteiger partial charge in [0.2, 0.25) is 0 Å². The Balaban J connectivity index is 2.24. The van der Waals surface area contributed by atoms with Crippen molar-refractivity contribution in [1.82, 2.24) is 0 Å². The lowest BCUT2D eigenvalue weighted by Gasteiger charge is -2.29. The Morgan fingerprint density at radius 1 is 1.27 bits per heavy atom. The van der Waals surface area contributed by atoms with Crippen molar-refractivity contribution in [2.75, 3.05) is 11.9 Å². The molecule has 1 N–H and O–H groups in total. The van der Waals surface area contributed by atoms with Crippen LogP contribution >= 0.6 is 0 Å². The molecule has 0 unspecified atom stereocenters. The van der Waals surface area contributed by atoms with Gasteiger partial charge in [-0.25, -0.2) is 18.4 Å². The standard InChI is InChI=1S/C15H14F2N2O7/c1-15(2)25-13(20)11(14(21)26-15)6-18-8-3-9(19(22)23)5-10(4-8)24-7-12(16)17/h3-6,12,18H,7H2,1-2H3. The van der Waals surface area contributed by atoms with E-state index >= 15 is 0 Å². The van der Waals surface area contributed by atoms with Gasteiger partial charge in [0, 0.05) is 37.9 Å². The highest BCUT2D eigenvalue weighted by atomic mass is 19.3. The van der Waals surface area contributed by atoms with Crippen molar-refractivity contribution in [3.8, 4) is 5.75 Å². The van der Waals surface area contributed by atoms with E-state index in [1.54, 1.807) is 0 Å². The predicted octanol–water partition coefficient (Wildman–Crippen LogP) is 2.37. The van der Waals surface area contributed by atoms with Crippen LogP contribution < -0.4 is 10.1 Å². The Labute approximate surface area is 145 Å². The summed E-state index contributed by atoms with van der Waals surface area (Å²) in [6.45, 7) is 1.80. The first-order valence-electron chi connectivity index (χ1n) is 7.21. The zero-order valence-corrected chi connectivity index (χ0v) is 13.7. The summed E-state index contributed by atoms with van der Waals surface area (Å²) in [6, 6.07) is 3.22. The summed E-state index contributed by atoms with van der Waals surface area (Å²) in [5.74, 6) is -3.49. The fourth-order valence-corrected chi connectivity index (χ4v) is 1.95. The maximum Gasteiger partial charge on any atom is 0.350 e. The number of benzene rings is 1. The molecule has 1 aromatic rings. The van der Waals surface area contributed by atoms with Crippen LogP contribution in [0, 0.1) is 10.1 Å². The van der Waals surface area contributed by atoms with Crippen LogP contribution in [0.25, 0.3) is 0 Å². The van der Waals surface area contributed by atoms with Crippen LogP contribution in [0.3, 0.4) is 0 Å². The number of hydrogen-bond acceptors (Lipinski definition) is 8. The van der Waals surface area contributed by atoms with Crippen molar-refractivity contribution >= 4 is 23.3 Å². The van der Waals surface area contributed by atoms with Crippen molar-refractivity contribution in [1.29, 1.82) is 0 Å². The summed E-state index contributed by atoms with van der Waals surface area (Å²) in [4.78, 5) is 33.8. The molecule has 2 rings (SSSR count). The lowest BCUT2D eigenvalue weighted by atomic mass is 10.2. The maximum atomic E-state index is 12.2. The zero-order valence-electron chi connectivity index (χ0n) is 13.7. The number of non-ortho nitro benzene ring substituents is 1. The second-order valence-corrected chi connectivity index (χ2v) is 5.56. The van der Waals surface area contributed by atoms with Crippen LogP contribution in [0.2, 0.25) is 0 Å². The van der Waals surface area contributed by atoms with Crippen molar-refractivity contribution in [3.05, 3.63) is 40.1 Å². The molecule has 0 aromatic heterocycles. The molecule has 0 bridgehead atoms. The lowest BCUT2D eigenvalue weighted by molar-refractivity contribution is -0.384. The van der Waals surface area contributed by atoms with Crippen molar-refractivity contribution < 1.29 is 37.5 Å². The molecule has 1 saturated heterocycles. The van der Waals surface area contributed by atoms with Gasteiger partial charge in [0.05, 0.1) is 11.0 Å². The number of anilines is 1. The van der Waals surface area contributed by atoms with E-state index in [-0.39, 0.29) is 11.4 Å². The highest BCUT2D eigenvalue weighted by Crippen LogP contribution is 2.27. The number of nitrogens with zero attached hydrogens (tertiary/aromatic N) is 1. The fourth-order valence-electron chi connectivity index (χ4n) is 1.95.